The van der Waals surface area contributed by atoms with Crippen LogP contribution in [-0.2, 0) is 9.53 Å². The number of amides is 1. The number of benzene rings is 2. The SMILES string of the molecule is CCOc1ccccc1NC(=O)[C@H](C)OC(=O)c1ccc(-c2nnco2)cc1. The molecule has 2 aromatic carbocycles. The molecule has 0 saturated heterocycles. The Balaban J connectivity index is 1.61. The van der Waals surface area contributed by atoms with Crippen molar-refractivity contribution in [2.24, 2.45) is 0 Å². The van der Waals surface area contributed by atoms with Crippen LogP contribution >= 0.6 is 0 Å². The summed E-state index contributed by atoms with van der Waals surface area (Å²) in [5, 5.41) is 10.1. The van der Waals surface area contributed by atoms with Crippen LogP contribution in [-0.4, -0.2) is 34.8 Å². The van der Waals surface area contributed by atoms with Crippen LogP contribution in [0.4, 0.5) is 5.69 Å². The number of para-hydroxylation sites is 2. The Bertz CT molecular complexity index is 939. The van der Waals surface area contributed by atoms with Gasteiger partial charge >= 0.3 is 5.97 Å². The Morgan fingerprint density at radius 3 is 2.57 bits per heavy atom. The number of nitrogens with zero attached hydrogens (tertiary/aromatic N) is 2. The van der Waals surface area contributed by atoms with Gasteiger partial charge in [0.15, 0.2) is 6.10 Å². The maximum absolute atomic E-state index is 12.4. The lowest BCUT2D eigenvalue weighted by Crippen LogP contribution is -2.30. The van der Waals surface area contributed by atoms with Crippen molar-refractivity contribution in [3.05, 3.63) is 60.5 Å². The summed E-state index contributed by atoms with van der Waals surface area (Å²) < 4.78 is 15.8. The predicted octanol–water partition coefficient (Wildman–Crippen LogP) is 3.32. The standard InChI is InChI=1S/C20H19N3O5/c1-3-26-17-7-5-4-6-16(17)22-18(24)13(2)28-20(25)15-10-8-14(9-11-15)19-23-21-12-27-19/h4-13H,3H2,1-2H3,(H,22,24)/t13-/m0/s1. The van der Waals surface area contributed by atoms with Gasteiger partial charge in [-0.15, -0.1) is 10.2 Å². The third kappa shape index (κ3) is 4.53. The minimum atomic E-state index is -0.988. The first-order valence-electron chi connectivity index (χ1n) is 8.68. The van der Waals surface area contributed by atoms with Crippen molar-refractivity contribution in [3.8, 4) is 17.2 Å². The third-order valence-electron chi connectivity index (χ3n) is 3.83. The summed E-state index contributed by atoms with van der Waals surface area (Å²) in [6, 6.07) is 13.5. The van der Waals surface area contributed by atoms with E-state index in [1.165, 1.54) is 13.3 Å². The average Bonchev–Trinajstić information content (AvgIpc) is 3.24. The molecule has 28 heavy (non-hydrogen) atoms. The molecule has 0 aliphatic rings. The van der Waals surface area contributed by atoms with E-state index in [4.69, 9.17) is 13.9 Å². The van der Waals surface area contributed by atoms with Crippen molar-refractivity contribution >= 4 is 17.6 Å². The lowest BCUT2D eigenvalue weighted by Gasteiger charge is -2.15. The summed E-state index contributed by atoms with van der Waals surface area (Å²) in [5.41, 5.74) is 1.49. The number of ether oxygens (including phenoxy) is 2. The molecule has 8 heteroatoms. The monoisotopic (exact) mass is 381 g/mol. The molecule has 1 N–H and O–H groups in total. The number of esters is 1. The summed E-state index contributed by atoms with van der Waals surface area (Å²) in [6.07, 6.45) is 0.236. The maximum atomic E-state index is 12.4. The normalized spacial score (nSPS) is 11.5. The van der Waals surface area contributed by atoms with Gasteiger partial charge in [-0.2, -0.15) is 0 Å². The molecule has 1 heterocycles. The quantitative estimate of drug-likeness (QED) is 0.626. The van der Waals surface area contributed by atoms with Crippen LogP contribution in [0.2, 0.25) is 0 Å². The Labute approximate surface area is 161 Å². The largest absolute Gasteiger partial charge is 0.492 e. The summed E-state index contributed by atoms with van der Waals surface area (Å²) in [6.45, 7) is 3.83. The number of nitrogens with one attached hydrogen (secondary N) is 1. The van der Waals surface area contributed by atoms with E-state index >= 15 is 0 Å². The molecular formula is C20H19N3O5. The van der Waals surface area contributed by atoms with Crippen LogP contribution in [0, 0.1) is 0 Å². The average molecular weight is 381 g/mol. The number of hydrogen-bond acceptors (Lipinski definition) is 7. The molecule has 0 bridgehead atoms. The zero-order chi connectivity index (χ0) is 19.9. The second kappa shape index (κ2) is 8.81. The minimum absolute atomic E-state index is 0.303. The summed E-state index contributed by atoms with van der Waals surface area (Å²) in [4.78, 5) is 24.7. The number of anilines is 1. The highest BCUT2D eigenvalue weighted by molar-refractivity contribution is 5.98. The lowest BCUT2D eigenvalue weighted by atomic mass is 10.1. The van der Waals surface area contributed by atoms with Crippen LogP contribution in [0.1, 0.15) is 24.2 Å². The molecule has 0 aliphatic carbocycles. The molecule has 3 aromatic rings. The van der Waals surface area contributed by atoms with Gasteiger partial charge in [0.1, 0.15) is 5.75 Å². The molecule has 3 rings (SSSR count). The molecule has 1 amide bonds. The second-order valence-electron chi connectivity index (χ2n) is 5.79. The molecule has 144 valence electrons. The summed E-state index contributed by atoms with van der Waals surface area (Å²) >= 11 is 0. The fraction of sp³-hybridized carbons (Fsp3) is 0.200. The van der Waals surface area contributed by atoms with E-state index < -0.39 is 18.0 Å². The van der Waals surface area contributed by atoms with Crippen LogP contribution in [0.5, 0.6) is 5.75 Å². The van der Waals surface area contributed by atoms with E-state index in [9.17, 15) is 9.59 Å². The van der Waals surface area contributed by atoms with Crippen molar-refractivity contribution in [3.63, 3.8) is 0 Å². The van der Waals surface area contributed by atoms with Gasteiger partial charge in [0.25, 0.3) is 5.91 Å². The molecule has 1 aromatic heterocycles. The van der Waals surface area contributed by atoms with Crippen molar-refractivity contribution in [1.29, 1.82) is 0 Å². The van der Waals surface area contributed by atoms with Gasteiger partial charge < -0.3 is 19.2 Å². The Morgan fingerprint density at radius 1 is 1.14 bits per heavy atom. The number of rotatable bonds is 7. The van der Waals surface area contributed by atoms with Crippen LogP contribution in [0.25, 0.3) is 11.5 Å². The number of carbonyl (C=O) groups excluding carboxylic acids is 2. The first-order chi connectivity index (χ1) is 13.6. The van der Waals surface area contributed by atoms with Crippen molar-refractivity contribution in [1.82, 2.24) is 10.2 Å². The summed E-state index contributed by atoms with van der Waals surface area (Å²) in [7, 11) is 0. The summed E-state index contributed by atoms with van der Waals surface area (Å²) in [5.74, 6) is -0.171. The van der Waals surface area contributed by atoms with E-state index in [2.05, 4.69) is 15.5 Å². The highest BCUT2D eigenvalue weighted by Gasteiger charge is 2.20. The topological polar surface area (TPSA) is 104 Å². The molecule has 1 atom stereocenters. The number of hydrogen-bond donors (Lipinski definition) is 1. The van der Waals surface area contributed by atoms with Gasteiger partial charge in [-0.1, -0.05) is 12.1 Å². The Morgan fingerprint density at radius 2 is 1.89 bits per heavy atom. The molecule has 0 saturated carbocycles. The first-order valence-corrected chi connectivity index (χ1v) is 8.68. The first kappa shape index (κ1) is 19.1. The van der Waals surface area contributed by atoms with E-state index in [1.54, 1.807) is 42.5 Å². The molecule has 0 aliphatic heterocycles. The van der Waals surface area contributed by atoms with Crippen molar-refractivity contribution < 1.29 is 23.5 Å². The van der Waals surface area contributed by atoms with Crippen LogP contribution in [0.3, 0.4) is 0 Å². The van der Waals surface area contributed by atoms with Gasteiger partial charge in [0.2, 0.25) is 12.3 Å². The number of aromatic nitrogens is 2. The van der Waals surface area contributed by atoms with Crippen molar-refractivity contribution in [2.45, 2.75) is 20.0 Å². The Hall–Kier alpha value is -3.68. The van der Waals surface area contributed by atoms with Gasteiger partial charge in [0, 0.05) is 5.56 Å². The van der Waals surface area contributed by atoms with Gasteiger partial charge in [-0.25, -0.2) is 4.79 Å². The minimum Gasteiger partial charge on any atom is -0.492 e. The zero-order valence-electron chi connectivity index (χ0n) is 15.4. The predicted molar refractivity (Wildman–Crippen MR) is 101 cm³/mol. The highest BCUT2D eigenvalue weighted by atomic mass is 16.5. The van der Waals surface area contributed by atoms with Crippen LogP contribution in [0.15, 0.2) is 59.3 Å². The molecular weight excluding hydrogens is 362 g/mol. The van der Waals surface area contributed by atoms with Gasteiger partial charge in [0.05, 0.1) is 17.9 Å². The maximum Gasteiger partial charge on any atom is 0.338 e. The third-order valence-corrected chi connectivity index (χ3v) is 3.83. The lowest BCUT2D eigenvalue weighted by molar-refractivity contribution is -0.123. The van der Waals surface area contributed by atoms with E-state index in [-0.39, 0.29) is 0 Å². The molecule has 0 fully saturated rings. The van der Waals surface area contributed by atoms with Gasteiger partial charge in [-0.3, -0.25) is 4.79 Å². The van der Waals surface area contributed by atoms with E-state index in [0.717, 1.165) is 0 Å². The van der Waals surface area contributed by atoms with Gasteiger partial charge in [-0.05, 0) is 50.2 Å². The molecule has 0 radical (unpaired) electrons. The fourth-order valence-electron chi connectivity index (χ4n) is 2.42. The second-order valence-corrected chi connectivity index (χ2v) is 5.79. The molecule has 0 spiro atoms. The van der Waals surface area contributed by atoms with Crippen molar-refractivity contribution in [2.75, 3.05) is 11.9 Å². The molecule has 8 nitrogen and oxygen atoms in total. The fourth-order valence-corrected chi connectivity index (χ4v) is 2.42. The van der Waals surface area contributed by atoms with E-state index in [1.807, 2.05) is 13.0 Å². The zero-order valence-corrected chi connectivity index (χ0v) is 15.4. The Kier molecular flexibility index (Phi) is 6.01. The van der Waals surface area contributed by atoms with Crippen LogP contribution < -0.4 is 10.1 Å². The number of carbonyl (C=O) groups is 2. The highest BCUT2D eigenvalue weighted by Crippen LogP contribution is 2.24. The smallest absolute Gasteiger partial charge is 0.338 e. The molecule has 0 unspecified atom stereocenters. The van der Waals surface area contributed by atoms with E-state index in [0.29, 0.717) is 35.1 Å².